The van der Waals surface area contributed by atoms with E-state index in [4.69, 9.17) is 9.12 Å². The van der Waals surface area contributed by atoms with E-state index in [0.29, 0.717) is 13.2 Å². The van der Waals surface area contributed by atoms with E-state index in [9.17, 15) is 8.42 Å². The maximum absolute atomic E-state index is 12.2. The Morgan fingerprint density at radius 2 is 1.63 bits per heavy atom. The van der Waals surface area contributed by atoms with Crippen LogP contribution < -0.4 is 11.0 Å². The minimum atomic E-state index is -3.85. The maximum atomic E-state index is 12.2. The van der Waals surface area contributed by atoms with Crippen LogP contribution >= 0.6 is 0 Å². The summed E-state index contributed by atoms with van der Waals surface area (Å²) in [7, 11) is -3.85. The van der Waals surface area contributed by atoms with Crippen molar-refractivity contribution in [2.24, 2.45) is 5.41 Å². The zero-order chi connectivity index (χ0) is 22.6. The lowest BCUT2D eigenvalue weighted by Gasteiger charge is -2.52. The molecule has 1 aliphatic rings. The van der Waals surface area contributed by atoms with E-state index in [1.807, 2.05) is 6.92 Å². The number of nitrogens with zero attached hydrogens (tertiary/aromatic N) is 1. The van der Waals surface area contributed by atoms with Gasteiger partial charge in [0.25, 0.3) is 0 Å². The zero-order valence-corrected chi connectivity index (χ0v) is 20.4. The first-order chi connectivity index (χ1) is 13.8. The summed E-state index contributed by atoms with van der Waals surface area (Å²) in [6, 6.07) is 6.51. The average molecular weight is 442 g/mol. The lowest BCUT2D eigenvalue weighted by Crippen LogP contribution is -2.58. The van der Waals surface area contributed by atoms with Crippen molar-refractivity contribution in [3.63, 3.8) is 0 Å². The van der Waals surface area contributed by atoms with E-state index in [0.717, 1.165) is 24.8 Å². The summed E-state index contributed by atoms with van der Waals surface area (Å²) in [6.07, 6.45) is 4.23. The summed E-state index contributed by atoms with van der Waals surface area (Å²) < 4.78 is 29.2. The van der Waals surface area contributed by atoms with Gasteiger partial charge >= 0.3 is 10.1 Å². The Hall–Kier alpha value is -1.03. The number of benzene rings is 1. The van der Waals surface area contributed by atoms with Crippen LogP contribution in [0.5, 0.6) is 0 Å². The highest BCUT2D eigenvalue weighted by Gasteiger charge is 2.43. The van der Waals surface area contributed by atoms with E-state index in [-0.39, 0.29) is 21.4 Å². The van der Waals surface area contributed by atoms with Gasteiger partial charge in [0.05, 0.1) is 11.5 Å². The Kier molecular flexibility index (Phi) is 8.10. The molecule has 1 aromatic rings. The Bertz CT molecular complexity index is 773. The fourth-order valence-corrected chi connectivity index (χ4v) is 4.66. The summed E-state index contributed by atoms with van der Waals surface area (Å²) in [5.41, 5.74) is 6.10. The summed E-state index contributed by atoms with van der Waals surface area (Å²) in [6.45, 7) is 16.2. The molecule has 0 radical (unpaired) electrons. The molecule has 0 spiro atoms. The smallest absolute Gasteiger partial charge is 0.297 e. The fraction of sp³-hybridized carbons (Fsp3) is 0.727. The van der Waals surface area contributed by atoms with Gasteiger partial charge in [0.2, 0.25) is 0 Å². The quantitative estimate of drug-likeness (QED) is 0.418. The number of hydrogen-bond donors (Lipinski definition) is 2. The van der Waals surface area contributed by atoms with E-state index < -0.39 is 10.1 Å². The van der Waals surface area contributed by atoms with Gasteiger partial charge in [-0.3, -0.25) is 4.84 Å². The van der Waals surface area contributed by atoms with Crippen molar-refractivity contribution in [2.45, 2.75) is 90.1 Å². The Morgan fingerprint density at radius 3 is 2.20 bits per heavy atom. The molecule has 30 heavy (non-hydrogen) atoms. The van der Waals surface area contributed by atoms with Gasteiger partial charge in [-0.15, -0.1) is 5.59 Å². The third-order valence-corrected chi connectivity index (χ3v) is 6.87. The van der Waals surface area contributed by atoms with Gasteiger partial charge in [-0.1, -0.05) is 31.5 Å². The molecule has 0 saturated carbocycles. The van der Waals surface area contributed by atoms with Crippen LogP contribution in [0.4, 0.5) is 0 Å². The van der Waals surface area contributed by atoms with Crippen LogP contribution in [0.25, 0.3) is 0 Å². The van der Waals surface area contributed by atoms with Crippen LogP contribution in [0, 0.1) is 12.3 Å². The minimum Gasteiger partial charge on any atom is -0.297 e. The summed E-state index contributed by atoms with van der Waals surface area (Å²) in [5.74, 6) is 0. The lowest BCUT2D eigenvalue weighted by molar-refractivity contribution is -0.291. The highest BCUT2D eigenvalue weighted by molar-refractivity contribution is 7.86. The van der Waals surface area contributed by atoms with Gasteiger partial charge in [-0.25, -0.2) is 5.43 Å². The third kappa shape index (κ3) is 7.00. The SMILES string of the molecule is Cc1ccc(S(=O)(=O)ONNCCC(C)(C)CON2C(C)(C)CCCC2(C)C)cc1. The number of hydrogen-bond acceptors (Lipinski definition) is 7. The number of rotatable bonds is 10. The van der Waals surface area contributed by atoms with Crippen molar-refractivity contribution in [3.8, 4) is 0 Å². The molecule has 1 saturated heterocycles. The molecule has 1 aliphatic heterocycles. The molecule has 1 fully saturated rings. The van der Waals surface area contributed by atoms with Gasteiger partial charge in [-0.05, 0) is 77.8 Å². The standard InChI is InChI=1S/C22H39N3O4S/c1-18-9-11-19(12-10-18)30(26,27)29-24-23-16-15-20(2,3)17-28-25-21(4,5)13-8-14-22(25,6)7/h9-12,23-24H,8,13-17H2,1-7H3. The summed E-state index contributed by atoms with van der Waals surface area (Å²) in [4.78, 5) is 6.43. The Balaban J connectivity index is 1.76. The Labute approximate surface area is 182 Å². The highest BCUT2D eigenvalue weighted by atomic mass is 32.2. The van der Waals surface area contributed by atoms with Crippen molar-refractivity contribution in [1.29, 1.82) is 0 Å². The number of hydrazine groups is 1. The first-order valence-corrected chi connectivity index (χ1v) is 12.1. The van der Waals surface area contributed by atoms with Crippen LogP contribution in [-0.4, -0.2) is 37.7 Å². The predicted molar refractivity (Wildman–Crippen MR) is 119 cm³/mol. The molecule has 0 aromatic heterocycles. The summed E-state index contributed by atoms with van der Waals surface area (Å²) >= 11 is 0. The van der Waals surface area contributed by atoms with Gasteiger partial charge in [0, 0.05) is 17.6 Å². The first kappa shape index (κ1) is 25.2. The molecular formula is C22H39N3O4S. The van der Waals surface area contributed by atoms with Crippen LogP contribution in [0.3, 0.4) is 0 Å². The minimum absolute atomic E-state index is 0.00974. The molecule has 1 aromatic carbocycles. The van der Waals surface area contributed by atoms with Gasteiger partial charge < -0.3 is 0 Å². The second-order valence-corrected chi connectivity index (χ2v) is 11.9. The second kappa shape index (κ2) is 9.63. The fourth-order valence-electron chi connectivity index (χ4n) is 3.93. The second-order valence-electron chi connectivity index (χ2n) is 10.3. The zero-order valence-electron chi connectivity index (χ0n) is 19.5. The predicted octanol–water partition coefficient (Wildman–Crippen LogP) is 4.10. The largest absolute Gasteiger partial charge is 0.314 e. The van der Waals surface area contributed by atoms with Crippen LogP contribution in [0.15, 0.2) is 29.2 Å². The van der Waals surface area contributed by atoms with Crippen molar-refractivity contribution >= 4 is 10.1 Å². The number of aryl methyl sites for hydroxylation is 1. The lowest BCUT2D eigenvalue weighted by atomic mass is 9.82. The van der Waals surface area contributed by atoms with E-state index in [1.54, 1.807) is 12.1 Å². The van der Waals surface area contributed by atoms with Crippen molar-refractivity contribution in [2.75, 3.05) is 13.2 Å². The Morgan fingerprint density at radius 1 is 1.07 bits per heavy atom. The number of piperidine rings is 1. The number of nitrogens with one attached hydrogen (secondary N) is 2. The summed E-state index contributed by atoms with van der Waals surface area (Å²) in [5, 5.41) is 2.17. The van der Waals surface area contributed by atoms with E-state index in [2.05, 4.69) is 57.6 Å². The molecule has 0 bridgehead atoms. The van der Waals surface area contributed by atoms with Crippen molar-refractivity contribution in [3.05, 3.63) is 29.8 Å². The average Bonchev–Trinajstić information content (AvgIpc) is 2.60. The molecule has 0 atom stereocenters. The molecule has 0 unspecified atom stereocenters. The monoisotopic (exact) mass is 441 g/mol. The molecule has 7 nitrogen and oxygen atoms in total. The van der Waals surface area contributed by atoms with Crippen molar-refractivity contribution < 1.29 is 17.5 Å². The van der Waals surface area contributed by atoms with Gasteiger partial charge in [0.15, 0.2) is 0 Å². The topological polar surface area (TPSA) is 79.9 Å². The normalized spacial score (nSPS) is 19.7. The molecule has 0 amide bonds. The number of hydroxylamine groups is 2. The molecule has 8 heteroatoms. The van der Waals surface area contributed by atoms with E-state index in [1.165, 1.54) is 18.6 Å². The molecule has 1 heterocycles. The first-order valence-electron chi connectivity index (χ1n) is 10.7. The molecule has 2 N–H and O–H groups in total. The third-order valence-electron chi connectivity index (χ3n) is 5.72. The van der Waals surface area contributed by atoms with E-state index >= 15 is 0 Å². The van der Waals surface area contributed by atoms with Gasteiger partial charge in [-0.2, -0.15) is 17.8 Å². The van der Waals surface area contributed by atoms with Crippen LogP contribution in [-0.2, 0) is 19.2 Å². The van der Waals surface area contributed by atoms with Crippen LogP contribution in [0.1, 0.15) is 72.8 Å². The maximum Gasteiger partial charge on any atom is 0.314 e. The van der Waals surface area contributed by atoms with Crippen molar-refractivity contribution in [1.82, 2.24) is 16.1 Å². The molecule has 2 rings (SSSR count). The van der Waals surface area contributed by atoms with Crippen LogP contribution in [0.2, 0.25) is 0 Å². The highest BCUT2D eigenvalue weighted by Crippen LogP contribution is 2.39. The molecule has 172 valence electrons. The molecular weight excluding hydrogens is 402 g/mol. The molecule has 0 aliphatic carbocycles. The van der Waals surface area contributed by atoms with Gasteiger partial charge in [0.1, 0.15) is 0 Å².